The van der Waals surface area contributed by atoms with Crippen molar-refractivity contribution in [3.05, 3.63) is 46.4 Å². The van der Waals surface area contributed by atoms with Crippen molar-refractivity contribution in [2.75, 3.05) is 31.2 Å². The maximum absolute atomic E-state index is 12.5. The fourth-order valence-electron chi connectivity index (χ4n) is 2.63. The first kappa shape index (κ1) is 19.0. The van der Waals surface area contributed by atoms with Crippen LogP contribution in [0.25, 0.3) is 0 Å². The van der Waals surface area contributed by atoms with Crippen molar-refractivity contribution in [1.29, 1.82) is 0 Å². The zero-order chi connectivity index (χ0) is 18.7. The van der Waals surface area contributed by atoms with Crippen molar-refractivity contribution >= 4 is 27.4 Å². The fraction of sp³-hybridized carbons (Fsp3) is 0.412. The number of aryl methyl sites for hydroxylation is 2. The van der Waals surface area contributed by atoms with Gasteiger partial charge in [0.2, 0.25) is 10.0 Å². The molecule has 1 fully saturated rings. The SMILES string of the molecule is Cc1cc(N2CCOCC2)nc(CNS(=O)(=O)c2ccc(C)c(Cl)c2)n1. The molecule has 0 saturated carbocycles. The highest BCUT2D eigenvalue weighted by Crippen LogP contribution is 2.20. The molecule has 0 spiro atoms. The van der Waals surface area contributed by atoms with Crippen LogP contribution in [0.3, 0.4) is 0 Å². The van der Waals surface area contributed by atoms with Gasteiger partial charge in [0, 0.05) is 29.9 Å². The lowest BCUT2D eigenvalue weighted by Crippen LogP contribution is -2.37. The third-order valence-corrected chi connectivity index (χ3v) is 5.90. The maximum Gasteiger partial charge on any atom is 0.241 e. The second-order valence-electron chi connectivity index (χ2n) is 6.12. The summed E-state index contributed by atoms with van der Waals surface area (Å²) in [6, 6.07) is 6.54. The minimum absolute atomic E-state index is 0.00679. The third-order valence-electron chi connectivity index (χ3n) is 4.10. The van der Waals surface area contributed by atoms with Gasteiger partial charge < -0.3 is 9.64 Å². The molecule has 2 aromatic rings. The van der Waals surface area contributed by atoms with Crippen LogP contribution in [-0.4, -0.2) is 44.7 Å². The van der Waals surface area contributed by atoms with Gasteiger partial charge in [-0.05, 0) is 31.5 Å². The molecule has 0 aliphatic carbocycles. The summed E-state index contributed by atoms with van der Waals surface area (Å²) in [6.45, 7) is 6.50. The predicted molar refractivity (Wildman–Crippen MR) is 100 cm³/mol. The Morgan fingerprint density at radius 1 is 1.19 bits per heavy atom. The first-order valence-corrected chi connectivity index (χ1v) is 10.1. The lowest BCUT2D eigenvalue weighted by molar-refractivity contribution is 0.122. The van der Waals surface area contributed by atoms with E-state index in [9.17, 15) is 8.42 Å². The summed E-state index contributed by atoms with van der Waals surface area (Å²) in [5.74, 6) is 1.21. The van der Waals surface area contributed by atoms with E-state index < -0.39 is 10.0 Å². The highest BCUT2D eigenvalue weighted by atomic mass is 35.5. The quantitative estimate of drug-likeness (QED) is 0.832. The molecule has 3 rings (SSSR count). The minimum atomic E-state index is -3.70. The summed E-state index contributed by atoms with van der Waals surface area (Å²) in [4.78, 5) is 11.1. The van der Waals surface area contributed by atoms with Crippen LogP contribution in [-0.2, 0) is 21.3 Å². The van der Waals surface area contributed by atoms with Gasteiger partial charge in [-0.25, -0.2) is 23.1 Å². The Kier molecular flexibility index (Phi) is 5.76. The van der Waals surface area contributed by atoms with Gasteiger partial charge in [0.05, 0.1) is 24.7 Å². The van der Waals surface area contributed by atoms with E-state index in [1.165, 1.54) is 12.1 Å². The number of hydrogen-bond donors (Lipinski definition) is 1. The van der Waals surface area contributed by atoms with Gasteiger partial charge in [0.25, 0.3) is 0 Å². The summed E-state index contributed by atoms with van der Waals surface area (Å²) in [7, 11) is -3.70. The number of benzene rings is 1. The molecule has 0 atom stereocenters. The molecule has 140 valence electrons. The number of nitrogens with one attached hydrogen (secondary N) is 1. The number of halogens is 1. The summed E-state index contributed by atoms with van der Waals surface area (Å²) in [5.41, 5.74) is 1.61. The Bertz CT molecular complexity index is 899. The third kappa shape index (κ3) is 4.50. The molecule has 2 heterocycles. The largest absolute Gasteiger partial charge is 0.378 e. The standard InChI is InChI=1S/C17H21ClN4O3S/c1-12-3-4-14(10-15(12)18)26(23,24)19-11-16-20-13(2)9-17(21-16)22-5-7-25-8-6-22/h3-4,9-10,19H,5-8,11H2,1-2H3. The summed E-state index contributed by atoms with van der Waals surface area (Å²) >= 11 is 6.03. The Balaban J connectivity index is 1.76. The Morgan fingerprint density at radius 2 is 1.92 bits per heavy atom. The van der Waals surface area contributed by atoms with E-state index >= 15 is 0 Å². The van der Waals surface area contributed by atoms with E-state index in [1.54, 1.807) is 6.07 Å². The Hall–Kier alpha value is -1.74. The first-order chi connectivity index (χ1) is 12.3. The van der Waals surface area contributed by atoms with Crippen molar-refractivity contribution < 1.29 is 13.2 Å². The van der Waals surface area contributed by atoms with Crippen molar-refractivity contribution in [3.63, 3.8) is 0 Å². The van der Waals surface area contributed by atoms with Gasteiger partial charge in [-0.15, -0.1) is 0 Å². The van der Waals surface area contributed by atoms with Crippen molar-refractivity contribution in [3.8, 4) is 0 Å². The van der Waals surface area contributed by atoms with Gasteiger partial charge in [-0.3, -0.25) is 0 Å². The summed E-state index contributed by atoms with van der Waals surface area (Å²) < 4.78 is 32.9. The Labute approximate surface area is 158 Å². The average molecular weight is 397 g/mol. The topological polar surface area (TPSA) is 84.4 Å². The monoisotopic (exact) mass is 396 g/mol. The molecular weight excluding hydrogens is 376 g/mol. The van der Waals surface area contributed by atoms with E-state index in [0.29, 0.717) is 24.1 Å². The van der Waals surface area contributed by atoms with Gasteiger partial charge >= 0.3 is 0 Å². The molecule has 1 saturated heterocycles. The molecule has 1 aliphatic rings. The molecule has 1 N–H and O–H groups in total. The maximum atomic E-state index is 12.5. The molecule has 0 radical (unpaired) electrons. The van der Waals surface area contributed by atoms with Gasteiger partial charge in [-0.1, -0.05) is 17.7 Å². The van der Waals surface area contributed by atoms with Crippen LogP contribution in [0.15, 0.2) is 29.2 Å². The van der Waals surface area contributed by atoms with Crippen molar-refractivity contribution in [2.24, 2.45) is 0 Å². The zero-order valence-electron chi connectivity index (χ0n) is 14.7. The second-order valence-corrected chi connectivity index (χ2v) is 8.29. The Morgan fingerprint density at radius 3 is 2.62 bits per heavy atom. The van der Waals surface area contributed by atoms with Crippen LogP contribution in [0.2, 0.25) is 5.02 Å². The molecule has 7 nitrogen and oxygen atoms in total. The van der Waals surface area contributed by atoms with E-state index in [2.05, 4.69) is 19.6 Å². The molecule has 26 heavy (non-hydrogen) atoms. The van der Waals surface area contributed by atoms with Crippen LogP contribution in [0.5, 0.6) is 0 Å². The van der Waals surface area contributed by atoms with E-state index in [0.717, 1.165) is 30.2 Å². The average Bonchev–Trinajstić information content (AvgIpc) is 2.62. The molecule has 0 unspecified atom stereocenters. The van der Waals surface area contributed by atoms with Crippen molar-refractivity contribution in [1.82, 2.24) is 14.7 Å². The number of hydrogen-bond acceptors (Lipinski definition) is 6. The molecule has 1 aromatic heterocycles. The predicted octanol–water partition coefficient (Wildman–Crippen LogP) is 2.06. The molecule has 9 heteroatoms. The van der Waals surface area contributed by atoms with Crippen LogP contribution >= 0.6 is 11.6 Å². The van der Waals surface area contributed by atoms with E-state index in [-0.39, 0.29) is 11.4 Å². The molecule has 0 bridgehead atoms. The van der Waals surface area contributed by atoms with Gasteiger partial charge in [0.15, 0.2) is 0 Å². The number of anilines is 1. The number of sulfonamides is 1. The molecule has 1 aromatic carbocycles. The normalized spacial score (nSPS) is 15.3. The number of rotatable bonds is 5. The van der Waals surface area contributed by atoms with Crippen molar-refractivity contribution in [2.45, 2.75) is 25.3 Å². The van der Waals surface area contributed by atoms with Gasteiger partial charge in [-0.2, -0.15) is 0 Å². The smallest absolute Gasteiger partial charge is 0.241 e. The number of ether oxygens (including phenoxy) is 1. The van der Waals surface area contributed by atoms with E-state index in [4.69, 9.17) is 16.3 Å². The number of morpholine rings is 1. The summed E-state index contributed by atoms with van der Waals surface area (Å²) in [6.07, 6.45) is 0. The van der Waals surface area contributed by atoms with E-state index in [1.807, 2.05) is 19.9 Å². The van der Waals surface area contributed by atoms with Gasteiger partial charge in [0.1, 0.15) is 11.6 Å². The molecular formula is C17H21ClN4O3S. The highest BCUT2D eigenvalue weighted by molar-refractivity contribution is 7.89. The second kappa shape index (κ2) is 7.87. The lowest BCUT2D eigenvalue weighted by Gasteiger charge is -2.28. The number of aromatic nitrogens is 2. The lowest BCUT2D eigenvalue weighted by atomic mass is 10.2. The zero-order valence-corrected chi connectivity index (χ0v) is 16.3. The van der Waals surface area contributed by atoms with Crippen LogP contribution in [0, 0.1) is 13.8 Å². The highest BCUT2D eigenvalue weighted by Gasteiger charge is 2.17. The fourth-order valence-corrected chi connectivity index (χ4v) is 3.88. The number of nitrogens with zero attached hydrogens (tertiary/aromatic N) is 3. The van der Waals surface area contributed by atoms with Crippen LogP contribution < -0.4 is 9.62 Å². The first-order valence-electron chi connectivity index (χ1n) is 8.28. The minimum Gasteiger partial charge on any atom is -0.378 e. The van der Waals surface area contributed by atoms with Crippen LogP contribution in [0.1, 0.15) is 17.1 Å². The summed E-state index contributed by atoms with van der Waals surface area (Å²) in [5, 5.41) is 0.411. The molecule has 0 amide bonds. The molecule has 1 aliphatic heterocycles. The van der Waals surface area contributed by atoms with Crippen LogP contribution in [0.4, 0.5) is 5.82 Å².